The smallest absolute Gasteiger partial charge is 0.306 e. The second-order valence-corrected chi connectivity index (χ2v) is 15.4. The van der Waals surface area contributed by atoms with E-state index in [0.717, 1.165) is 83.5 Å². The number of allylic oxidation sites excluding steroid dienone is 2. The van der Waals surface area contributed by atoms with E-state index in [0.29, 0.717) is 58.4 Å². The number of ketones is 1. The van der Waals surface area contributed by atoms with Crippen molar-refractivity contribution >= 4 is 29.5 Å². The van der Waals surface area contributed by atoms with E-state index in [1.807, 2.05) is 17.1 Å². The van der Waals surface area contributed by atoms with E-state index in [1.54, 1.807) is 0 Å². The average Bonchev–Trinajstić information content (AvgIpc) is 3.18. The van der Waals surface area contributed by atoms with Gasteiger partial charge in [-0.05, 0) is 70.6 Å². The van der Waals surface area contributed by atoms with Crippen LogP contribution in [0.25, 0.3) is 0 Å². The lowest BCUT2D eigenvalue weighted by Crippen LogP contribution is -2.45. The molecule has 56 heavy (non-hydrogen) atoms. The van der Waals surface area contributed by atoms with Crippen LogP contribution in [0.5, 0.6) is 0 Å². The lowest BCUT2D eigenvalue weighted by molar-refractivity contribution is -0.143. The van der Waals surface area contributed by atoms with Crippen molar-refractivity contribution in [3.63, 3.8) is 0 Å². The number of ether oxygens (including phenoxy) is 2. The van der Waals surface area contributed by atoms with Crippen LogP contribution in [0.2, 0.25) is 0 Å². The number of carbonyl (C=O) groups is 4. The van der Waals surface area contributed by atoms with Crippen LogP contribution in [0, 0.1) is 5.41 Å². The van der Waals surface area contributed by atoms with Crippen molar-refractivity contribution in [3.8, 4) is 0 Å². The summed E-state index contributed by atoms with van der Waals surface area (Å²) in [6.07, 6.45) is 32.6. The lowest BCUT2D eigenvalue weighted by Gasteiger charge is -2.26. The molecule has 0 aliphatic carbocycles. The summed E-state index contributed by atoms with van der Waals surface area (Å²) in [5.41, 5.74) is 17.8. The number of hydrogen-bond acceptors (Lipinski definition) is 9. The second kappa shape index (κ2) is 38.8. The van der Waals surface area contributed by atoms with E-state index in [4.69, 9.17) is 32.1 Å². The number of amides is 1. The Balaban J connectivity index is 4.60. The molecular formula is C45H83N5O6. The number of carbonyl (C=O) groups excluding carboxylic acids is 4. The second-order valence-electron chi connectivity index (χ2n) is 15.4. The number of unbranched alkanes of at least 4 members (excludes halogenated alkanes) is 17. The number of nitrogens with two attached hydrogens (primary N) is 3. The lowest BCUT2D eigenvalue weighted by atomic mass is 9.99. The maximum absolute atomic E-state index is 13.5. The molecule has 2 atom stereocenters. The van der Waals surface area contributed by atoms with Crippen LogP contribution in [0.15, 0.2) is 24.3 Å². The topological polar surface area (TPSA) is 192 Å². The molecule has 0 aromatic rings. The predicted molar refractivity (Wildman–Crippen MR) is 230 cm³/mol. The van der Waals surface area contributed by atoms with Gasteiger partial charge in [0.25, 0.3) is 0 Å². The van der Waals surface area contributed by atoms with E-state index in [9.17, 15) is 19.2 Å². The summed E-state index contributed by atoms with van der Waals surface area (Å²) in [5, 5.41) is 7.33. The normalized spacial score (nSPS) is 12.6. The Hall–Kier alpha value is -3.05. The van der Waals surface area contributed by atoms with Crippen LogP contribution in [0.3, 0.4) is 0 Å². The molecule has 0 aromatic carbocycles. The molecular weight excluding hydrogens is 707 g/mol. The van der Waals surface area contributed by atoms with E-state index >= 15 is 0 Å². The SMILES string of the molecule is CCCCCC/C=C\COC(=O)CCCCCCCN(CCCCCCCC(=O)OC/C=C\CCCCCC)C(=O)C(N)CCC(=O)C(N)CCCCC(=N)N. The number of Topliss-reactive ketones (excluding diaryl/α,β-unsaturated/α-hetero) is 1. The monoisotopic (exact) mass is 790 g/mol. The Labute approximate surface area is 341 Å². The Kier molecular flexibility index (Phi) is 36.7. The first-order valence-electron chi connectivity index (χ1n) is 22.4. The van der Waals surface area contributed by atoms with Crippen molar-refractivity contribution in [2.45, 2.75) is 206 Å². The maximum atomic E-state index is 13.5. The summed E-state index contributed by atoms with van der Waals surface area (Å²) in [5.74, 6) is -0.417. The molecule has 0 fully saturated rings. The van der Waals surface area contributed by atoms with Gasteiger partial charge in [0.1, 0.15) is 19.0 Å². The quantitative estimate of drug-likeness (QED) is 0.0154. The van der Waals surface area contributed by atoms with Gasteiger partial charge in [-0.25, -0.2) is 0 Å². The Morgan fingerprint density at radius 2 is 0.982 bits per heavy atom. The van der Waals surface area contributed by atoms with Gasteiger partial charge >= 0.3 is 11.9 Å². The Bertz CT molecular complexity index is 1030. The molecule has 11 nitrogen and oxygen atoms in total. The molecule has 0 aliphatic rings. The van der Waals surface area contributed by atoms with E-state index in [-0.39, 0.29) is 42.3 Å². The summed E-state index contributed by atoms with van der Waals surface area (Å²) in [4.78, 5) is 52.1. The first-order valence-corrected chi connectivity index (χ1v) is 22.4. The van der Waals surface area contributed by atoms with Crippen LogP contribution >= 0.6 is 0 Å². The summed E-state index contributed by atoms with van der Waals surface area (Å²) in [6, 6.07) is -1.37. The number of amidine groups is 1. The van der Waals surface area contributed by atoms with Crippen molar-refractivity contribution in [1.29, 1.82) is 5.41 Å². The standard InChI is InChI=1S/C45H83N5O6/c1-3-5-7-9-11-19-27-37-55-43(52)31-21-15-13-17-25-35-50(45(54)40(47)33-34-41(51)39(46)29-23-24-30-42(48)49)36-26-18-14-16-22-32-44(53)56-38-28-20-12-10-8-6-4-2/h19-20,27-28,39-40H,3-18,21-26,29-38,46-47H2,1-2H3,(H3,48,49)/b27-19-,28-20-. The molecule has 2 unspecified atom stereocenters. The minimum absolute atomic E-state index is 0.0982. The van der Waals surface area contributed by atoms with Crippen molar-refractivity contribution in [3.05, 3.63) is 24.3 Å². The Morgan fingerprint density at radius 1 is 0.536 bits per heavy atom. The first-order chi connectivity index (χ1) is 27.1. The average molecular weight is 790 g/mol. The molecule has 324 valence electrons. The van der Waals surface area contributed by atoms with Gasteiger partial charge in [-0.1, -0.05) is 122 Å². The molecule has 1 amide bonds. The zero-order valence-electron chi connectivity index (χ0n) is 35.7. The van der Waals surface area contributed by atoms with Gasteiger partial charge in [0.2, 0.25) is 5.91 Å². The van der Waals surface area contributed by atoms with Crippen molar-refractivity contribution in [2.24, 2.45) is 17.2 Å². The number of esters is 2. The molecule has 0 rings (SSSR count). The molecule has 0 bridgehead atoms. The molecule has 0 aliphatic heterocycles. The van der Waals surface area contributed by atoms with Crippen molar-refractivity contribution in [2.75, 3.05) is 26.3 Å². The third kappa shape index (κ3) is 34.2. The molecule has 0 heterocycles. The predicted octanol–water partition coefficient (Wildman–Crippen LogP) is 9.14. The molecule has 0 spiro atoms. The highest BCUT2D eigenvalue weighted by molar-refractivity contribution is 5.86. The largest absolute Gasteiger partial charge is 0.461 e. The van der Waals surface area contributed by atoms with Crippen LogP contribution in [0.1, 0.15) is 194 Å². The van der Waals surface area contributed by atoms with Gasteiger partial charge in [-0.2, -0.15) is 0 Å². The fourth-order valence-electron chi connectivity index (χ4n) is 6.39. The van der Waals surface area contributed by atoms with E-state index in [2.05, 4.69) is 26.0 Å². The minimum atomic E-state index is -0.771. The van der Waals surface area contributed by atoms with Gasteiger partial charge < -0.3 is 31.6 Å². The van der Waals surface area contributed by atoms with Gasteiger partial charge in [0.15, 0.2) is 0 Å². The molecule has 0 radical (unpaired) electrons. The third-order valence-electron chi connectivity index (χ3n) is 10.0. The van der Waals surface area contributed by atoms with Gasteiger partial charge in [0.05, 0.1) is 17.9 Å². The minimum Gasteiger partial charge on any atom is -0.461 e. The summed E-state index contributed by atoms with van der Waals surface area (Å²) in [7, 11) is 0. The van der Waals surface area contributed by atoms with Crippen LogP contribution in [0.4, 0.5) is 0 Å². The van der Waals surface area contributed by atoms with Crippen molar-refractivity contribution in [1.82, 2.24) is 4.90 Å². The molecule has 7 N–H and O–H groups in total. The van der Waals surface area contributed by atoms with Crippen LogP contribution in [-0.4, -0.2) is 72.8 Å². The number of nitrogens with one attached hydrogen (secondary N) is 1. The number of hydrogen-bond donors (Lipinski definition) is 4. The highest BCUT2D eigenvalue weighted by Gasteiger charge is 2.23. The molecule has 0 saturated heterocycles. The third-order valence-corrected chi connectivity index (χ3v) is 10.0. The summed E-state index contributed by atoms with van der Waals surface area (Å²) in [6.45, 7) is 6.28. The fraction of sp³-hybridized carbons (Fsp3) is 0.800. The highest BCUT2D eigenvalue weighted by atomic mass is 16.5. The Morgan fingerprint density at radius 3 is 1.46 bits per heavy atom. The highest BCUT2D eigenvalue weighted by Crippen LogP contribution is 2.13. The number of rotatable bonds is 40. The van der Waals surface area contributed by atoms with E-state index in [1.165, 1.54) is 51.4 Å². The van der Waals surface area contributed by atoms with Gasteiger partial charge in [0, 0.05) is 38.8 Å². The van der Waals surface area contributed by atoms with Crippen LogP contribution < -0.4 is 17.2 Å². The zero-order chi connectivity index (χ0) is 41.5. The first kappa shape index (κ1) is 53.0. The summed E-state index contributed by atoms with van der Waals surface area (Å²) < 4.78 is 10.6. The number of nitrogens with zero attached hydrogens (tertiary/aromatic N) is 1. The molecule has 0 aromatic heterocycles. The van der Waals surface area contributed by atoms with Gasteiger partial charge in [-0.15, -0.1) is 0 Å². The fourth-order valence-corrected chi connectivity index (χ4v) is 6.39. The molecule has 0 saturated carbocycles. The van der Waals surface area contributed by atoms with Crippen LogP contribution in [-0.2, 0) is 28.7 Å². The zero-order valence-corrected chi connectivity index (χ0v) is 35.7. The van der Waals surface area contributed by atoms with E-state index < -0.39 is 12.1 Å². The molecule has 11 heteroatoms. The van der Waals surface area contributed by atoms with Gasteiger partial charge in [-0.3, -0.25) is 24.6 Å². The summed E-state index contributed by atoms with van der Waals surface area (Å²) >= 11 is 0. The maximum Gasteiger partial charge on any atom is 0.306 e. The van der Waals surface area contributed by atoms with Crippen molar-refractivity contribution < 1.29 is 28.7 Å².